The van der Waals surface area contributed by atoms with Crippen LogP contribution in [0.4, 0.5) is 0 Å². The molecule has 8 heteroatoms. The van der Waals surface area contributed by atoms with Crippen LogP contribution < -0.4 is 0 Å². The van der Waals surface area contributed by atoms with Crippen LogP contribution in [0.1, 0.15) is 32.6 Å². The quantitative estimate of drug-likeness (QED) is 0.522. The van der Waals surface area contributed by atoms with E-state index < -0.39 is 19.7 Å². The largest absolute Gasteiger partial charge is 0.288 e. The predicted molar refractivity (Wildman–Crippen MR) is 89.8 cm³/mol. The summed E-state index contributed by atoms with van der Waals surface area (Å²) in [4.78, 5) is 12.2. The first-order chi connectivity index (χ1) is 10.2. The highest BCUT2D eigenvalue weighted by Crippen LogP contribution is 2.31. The van der Waals surface area contributed by atoms with E-state index in [1.807, 2.05) is 6.92 Å². The van der Waals surface area contributed by atoms with Crippen molar-refractivity contribution in [2.75, 3.05) is 6.54 Å². The Morgan fingerprint density at radius 2 is 1.68 bits per heavy atom. The van der Waals surface area contributed by atoms with Gasteiger partial charge in [0, 0.05) is 6.54 Å². The lowest BCUT2D eigenvalue weighted by molar-refractivity contribution is -0.125. The number of amides is 1. The Morgan fingerprint density at radius 3 is 2.18 bits per heavy atom. The van der Waals surface area contributed by atoms with Gasteiger partial charge in [0.2, 0.25) is 0 Å². The molecule has 1 aromatic carbocycles. The van der Waals surface area contributed by atoms with Crippen LogP contribution >= 0.6 is 34.8 Å². The van der Waals surface area contributed by atoms with Gasteiger partial charge in [-0.1, -0.05) is 79.2 Å². The first-order valence-corrected chi connectivity index (χ1v) is 9.47. The molecule has 0 spiro atoms. The van der Waals surface area contributed by atoms with Gasteiger partial charge in [0.05, 0.1) is 4.90 Å². The smallest absolute Gasteiger partial charge is 0.269 e. The molecular formula is C14H18Cl3NO3S. The fraction of sp³-hybridized carbons (Fsp3) is 0.500. The van der Waals surface area contributed by atoms with E-state index >= 15 is 0 Å². The Labute approximate surface area is 146 Å². The molecule has 22 heavy (non-hydrogen) atoms. The zero-order chi connectivity index (χ0) is 16.8. The fourth-order valence-corrected chi connectivity index (χ4v) is 3.81. The standard InChI is InChI=1S/C14H18Cl3NO3S/c1-2-3-4-8-11-18(13(19)14(15,16)17)22(20,21)12-9-6-5-7-10-12/h5-7,9-10H,2-4,8,11H2,1H3. The van der Waals surface area contributed by atoms with Crippen LogP contribution in [-0.2, 0) is 14.8 Å². The van der Waals surface area contributed by atoms with Gasteiger partial charge in [0.1, 0.15) is 0 Å². The molecule has 0 aromatic heterocycles. The number of alkyl halides is 3. The number of unbranched alkanes of at least 4 members (excludes halogenated alkanes) is 3. The molecule has 0 aliphatic rings. The molecule has 1 rings (SSSR count). The molecule has 0 atom stereocenters. The number of carbonyl (C=O) groups is 1. The van der Waals surface area contributed by atoms with Gasteiger partial charge in [-0.05, 0) is 18.6 Å². The second-order valence-electron chi connectivity index (χ2n) is 4.75. The van der Waals surface area contributed by atoms with E-state index in [1.54, 1.807) is 18.2 Å². The Morgan fingerprint density at radius 1 is 1.09 bits per heavy atom. The minimum Gasteiger partial charge on any atom is -0.269 e. The molecule has 0 heterocycles. The summed E-state index contributed by atoms with van der Waals surface area (Å²) in [6.07, 6.45) is 3.25. The lowest BCUT2D eigenvalue weighted by atomic mass is 10.2. The first kappa shape index (κ1) is 19.6. The van der Waals surface area contributed by atoms with Crippen molar-refractivity contribution in [1.82, 2.24) is 4.31 Å². The van der Waals surface area contributed by atoms with Crippen LogP contribution in [0.2, 0.25) is 0 Å². The van der Waals surface area contributed by atoms with Gasteiger partial charge in [-0.3, -0.25) is 4.79 Å². The number of nitrogens with zero attached hydrogens (tertiary/aromatic N) is 1. The summed E-state index contributed by atoms with van der Waals surface area (Å²) in [6.45, 7) is 2.02. The van der Waals surface area contributed by atoms with Gasteiger partial charge in [0.25, 0.3) is 19.7 Å². The van der Waals surface area contributed by atoms with E-state index in [-0.39, 0.29) is 11.4 Å². The van der Waals surface area contributed by atoms with Crippen molar-refractivity contribution < 1.29 is 13.2 Å². The van der Waals surface area contributed by atoms with E-state index in [4.69, 9.17) is 34.8 Å². The average Bonchev–Trinajstić information content (AvgIpc) is 2.46. The Bertz CT molecular complexity index is 585. The van der Waals surface area contributed by atoms with Crippen molar-refractivity contribution in [1.29, 1.82) is 0 Å². The highest BCUT2D eigenvalue weighted by atomic mass is 35.6. The number of rotatable bonds is 7. The molecule has 0 unspecified atom stereocenters. The van der Waals surface area contributed by atoms with Gasteiger partial charge in [-0.2, -0.15) is 0 Å². The highest BCUT2D eigenvalue weighted by Gasteiger charge is 2.41. The van der Waals surface area contributed by atoms with Crippen molar-refractivity contribution in [3.63, 3.8) is 0 Å². The van der Waals surface area contributed by atoms with Crippen LogP contribution in [0, 0.1) is 0 Å². The SMILES string of the molecule is CCCCCCN(C(=O)C(Cl)(Cl)Cl)S(=O)(=O)c1ccccc1. The number of benzene rings is 1. The molecule has 0 saturated heterocycles. The second-order valence-corrected chi connectivity index (χ2v) is 8.90. The summed E-state index contributed by atoms with van der Waals surface area (Å²) in [5.41, 5.74) is 0. The molecule has 0 saturated carbocycles. The summed E-state index contributed by atoms with van der Waals surface area (Å²) in [5.74, 6) is -1.06. The fourth-order valence-electron chi connectivity index (χ4n) is 1.87. The minimum absolute atomic E-state index is 0.00640. The van der Waals surface area contributed by atoms with E-state index in [0.29, 0.717) is 10.7 Å². The number of hydrogen-bond donors (Lipinski definition) is 0. The Hall–Kier alpha value is -0.490. The molecule has 0 bridgehead atoms. The number of sulfonamides is 1. The third kappa shape index (κ3) is 5.30. The second kappa shape index (κ2) is 8.39. The van der Waals surface area contributed by atoms with E-state index in [2.05, 4.69) is 0 Å². The third-order valence-corrected chi connectivity index (χ3v) is 5.30. The van der Waals surface area contributed by atoms with Gasteiger partial charge in [-0.25, -0.2) is 12.7 Å². The van der Waals surface area contributed by atoms with Gasteiger partial charge in [0.15, 0.2) is 0 Å². The van der Waals surface area contributed by atoms with Crippen LogP contribution in [0.5, 0.6) is 0 Å². The molecule has 0 aliphatic carbocycles. The van der Waals surface area contributed by atoms with Crippen molar-refractivity contribution in [3.05, 3.63) is 30.3 Å². The molecule has 4 nitrogen and oxygen atoms in total. The molecular weight excluding hydrogens is 369 g/mol. The molecule has 124 valence electrons. The summed E-state index contributed by atoms with van der Waals surface area (Å²) in [6, 6.07) is 7.63. The summed E-state index contributed by atoms with van der Waals surface area (Å²) in [5, 5.41) is 0. The van der Waals surface area contributed by atoms with Gasteiger partial charge < -0.3 is 0 Å². The zero-order valence-electron chi connectivity index (χ0n) is 12.1. The average molecular weight is 387 g/mol. The predicted octanol–water partition coefficient (Wildman–Crippen LogP) is 4.15. The highest BCUT2D eigenvalue weighted by molar-refractivity contribution is 7.89. The molecule has 0 N–H and O–H groups in total. The van der Waals surface area contributed by atoms with Crippen LogP contribution in [-0.4, -0.2) is 29.0 Å². The van der Waals surface area contributed by atoms with Crippen LogP contribution in [0.3, 0.4) is 0 Å². The third-order valence-electron chi connectivity index (χ3n) is 3.01. The summed E-state index contributed by atoms with van der Waals surface area (Å²) < 4.78 is 23.6. The monoisotopic (exact) mass is 385 g/mol. The van der Waals surface area contributed by atoms with Crippen molar-refractivity contribution >= 4 is 50.7 Å². The normalized spacial score (nSPS) is 12.2. The van der Waals surface area contributed by atoms with Gasteiger partial charge >= 0.3 is 0 Å². The molecule has 0 fully saturated rings. The van der Waals surface area contributed by atoms with Crippen LogP contribution in [0.15, 0.2) is 35.2 Å². The Kier molecular flexibility index (Phi) is 7.46. The lowest BCUT2D eigenvalue weighted by Gasteiger charge is -2.25. The van der Waals surface area contributed by atoms with E-state index in [0.717, 1.165) is 19.3 Å². The number of hydrogen-bond acceptors (Lipinski definition) is 3. The van der Waals surface area contributed by atoms with Crippen LogP contribution in [0.25, 0.3) is 0 Å². The summed E-state index contributed by atoms with van der Waals surface area (Å²) >= 11 is 16.8. The summed E-state index contributed by atoms with van der Waals surface area (Å²) in [7, 11) is -4.04. The van der Waals surface area contributed by atoms with Gasteiger partial charge in [-0.15, -0.1) is 0 Å². The Balaban J connectivity index is 3.06. The number of halogens is 3. The van der Waals surface area contributed by atoms with Crippen molar-refractivity contribution in [2.45, 2.75) is 41.3 Å². The van der Waals surface area contributed by atoms with E-state index in [1.165, 1.54) is 12.1 Å². The number of carbonyl (C=O) groups excluding carboxylic acids is 1. The minimum atomic E-state index is -4.04. The molecule has 0 radical (unpaired) electrons. The maximum atomic E-state index is 12.6. The topological polar surface area (TPSA) is 54.5 Å². The molecule has 1 aromatic rings. The maximum Gasteiger partial charge on any atom is 0.288 e. The molecule has 1 amide bonds. The van der Waals surface area contributed by atoms with E-state index in [9.17, 15) is 13.2 Å². The lowest BCUT2D eigenvalue weighted by Crippen LogP contribution is -2.43. The molecule has 0 aliphatic heterocycles. The zero-order valence-corrected chi connectivity index (χ0v) is 15.2. The maximum absolute atomic E-state index is 12.6. The van der Waals surface area contributed by atoms with Crippen molar-refractivity contribution in [3.8, 4) is 0 Å². The van der Waals surface area contributed by atoms with Crippen molar-refractivity contribution in [2.24, 2.45) is 0 Å². The first-order valence-electron chi connectivity index (χ1n) is 6.90.